The van der Waals surface area contributed by atoms with E-state index in [1.807, 2.05) is 48.7 Å². The first-order valence-electron chi connectivity index (χ1n) is 21.5. The lowest BCUT2D eigenvalue weighted by Gasteiger charge is -2.36. The molecule has 7 aromatic carbocycles. The number of aromatic nitrogens is 4. The molecule has 0 saturated heterocycles. The number of fused-ring (bicyclic) bond motifs is 5. The summed E-state index contributed by atoms with van der Waals surface area (Å²) >= 11 is 0. The van der Waals surface area contributed by atoms with Crippen molar-refractivity contribution in [2.45, 2.75) is 37.5 Å². The maximum atomic E-state index is 9.75. The minimum absolute atomic E-state index is 0.00713. The molecule has 1 fully saturated rings. The van der Waals surface area contributed by atoms with Crippen LogP contribution in [-0.2, 0) is 5.41 Å². The first-order valence-corrected chi connectivity index (χ1v) is 21.5. The fourth-order valence-electron chi connectivity index (χ4n) is 9.71. The topological polar surface area (TPSA) is 75.3 Å². The zero-order valence-corrected chi connectivity index (χ0v) is 34.2. The average molecular weight is 796 g/mol. The Labute approximate surface area is 362 Å². The van der Waals surface area contributed by atoms with Crippen LogP contribution in [0.15, 0.2) is 188 Å². The number of hydrogen-bond donors (Lipinski definition) is 0. The molecule has 0 radical (unpaired) electrons. The van der Waals surface area contributed by atoms with Crippen molar-refractivity contribution in [1.82, 2.24) is 19.9 Å². The molecule has 2 heterocycles. The molecule has 5 nitrogen and oxygen atoms in total. The molecule has 1 spiro atoms. The van der Waals surface area contributed by atoms with E-state index in [2.05, 4.69) is 145 Å². The number of pyridine rings is 1. The largest absolute Gasteiger partial charge is 0.264 e. The zero-order valence-electron chi connectivity index (χ0n) is 34.2. The van der Waals surface area contributed by atoms with E-state index in [0.717, 1.165) is 68.5 Å². The second-order valence-electron chi connectivity index (χ2n) is 16.5. The van der Waals surface area contributed by atoms with Crippen molar-refractivity contribution in [3.63, 3.8) is 0 Å². The van der Waals surface area contributed by atoms with Gasteiger partial charge in [-0.05, 0) is 116 Å². The first-order chi connectivity index (χ1) is 30.6. The van der Waals surface area contributed by atoms with Crippen LogP contribution in [0.25, 0.3) is 89.8 Å². The van der Waals surface area contributed by atoms with Crippen molar-refractivity contribution in [1.29, 1.82) is 5.26 Å². The van der Waals surface area contributed by atoms with Crippen molar-refractivity contribution in [3.8, 4) is 95.9 Å². The smallest absolute Gasteiger partial charge is 0.164 e. The Morgan fingerprint density at radius 3 is 1.48 bits per heavy atom. The average Bonchev–Trinajstić information content (AvgIpc) is 3.61. The lowest BCUT2D eigenvalue weighted by Crippen LogP contribution is -2.28. The van der Waals surface area contributed by atoms with E-state index in [-0.39, 0.29) is 5.41 Å². The molecule has 0 unspecified atom stereocenters. The molecule has 2 aliphatic rings. The van der Waals surface area contributed by atoms with Crippen LogP contribution in [-0.4, -0.2) is 19.9 Å². The van der Waals surface area contributed by atoms with E-state index >= 15 is 0 Å². The van der Waals surface area contributed by atoms with Crippen LogP contribution in [0.3, 0.4) is 0 Å². The van der Waals surface area contributed by atoms with Gasteiger partial charge in [0.15, 0.2) is 17.5 Å². The van der Waals surface area contributed by atoms with Crippen LogP contribution in [0.5, 0.6) is 0 Å². The van der Waals surface area contributed by atoms with Crippen LogP contribution in [0, 0.1) is 11.3 Å². The molecular weight excluding hydrogens is 755 g/mol. The molecule has 0 bridgehead atoms. The summed E-state index contributed by atoms with van der Waals surface area (Å²) in [4.78, 5) is 19.3. The monoisotopic (exact) mass is 795 g/mol. The minimum Gasteiger partial charge on any atom is -0.264 e. The summed E-state index contributed by atoms with van der Waals surface area (Å²) < 4.78 is 0. The molecule has 2 aromatic heterocycles. The SMILES string of the molecule is N#Cc1ccc2c(c1)C1(CCCCC1)c1cc(-c3ccc(-c4cccc(-c5cccc(-c6nc(-c7ccccc7)nc(-c7ccc(-c8cccnc8)cc7)n6)c5)c4)cc3)ccc1-2. The molecule has 9 aromatic rings. The maximum absolute atomic E-state index is 9.75. The van der Waals surface area contributed by atoms with Gasteiger partial charge in [-0.25, -0.2) is 15.0 Å². The summed E-state index contributed by atoms with van der Waals surface area (Å²) in [5.74, 6) is 1.87. The first kappa shape index (κ1) is 37.2. The van der Waals surface area contributed by atoms with Crippen molar-refractivity contribution in [3.05, 3.63) is 205 Å². The Bertz CT molecular complexity index is 3140. The molecule has 0 amide bonds. The van der Waals surface area contributed by atoms with Gasteiger partial charge < -0.3 is 0 Å². The van der Waals surface area contributed by atoms with Gasteiger partial charge in [0.1, 0.15) is 0 Å². The van der Waals surface area contributed by atoms with Gasteiger partial charge in [0, 0.05) is 34.5 Å². The number of rotatable bonds is 7. The number of hydrogen-bond acceptors (Lipinski definition) is 5. The second kappa shape index (κ2) is 15.7. The molecule has 0 aliphatic heterocycles. The van der Waals surface area contributed by atoms with Gasteiger partial charge in [0.05, 0.1) is 11.6 Å². The van der Waals surface area contributed by atoms with Crippen LogP contribution in [0.4, 0.5) is 0 Å². The molecule has 2 aliphatic carbocycles. The quantitative estimate of drug-likeness (QED) is 0.161. The summed E-state index contributed by atoms with van der Waals surface area (Å²) in [6.07, 6.45) is 9.64. The highest BCUT2D eigenvalue weighted by Gasteiger charge is 2.44. The second-order valence-corrected chi connectivity index (χ2v) is 16.5. The van der Waals surface area contributed by atoms with Gasteiger partial charge in [-0.1, -0.05) is 159 Å². The summed E-state index contributed by atoms with van der Waals surface area (Å²) in [6, 6.07) is 64.3. The number of nitriles is 1. The number of nitrogens with zero attached hydrogens (tertiary/aromatic N) is 5. The van der Waals surface area contributed by atoms with Gasteiger partial charge in [-0.15, -0.1) is 0 Å². The Morgan fingerprint density at radius 2 is 0.855 bits per heavy atom. The van der Waals surface area contributed by atoms with Crippen molar-refractivity contribution >= 4 is 0 Å². The van der Waals surface area contributed by atoms with Gasteiger partial charge in [0.2, 0.25) is 0 Å². The Morgan fingerprint density at radius 1 is 0.387 bits per heavy atom. The van der Waals surface area contributed by atoms with E-state index < -0.39 is 0 Å². The highest BCUT2D eigenvalue weighted by Crippen LogP contribution is 2.56. The standard InChI is InChI=1S/C57H41N5/c58-36-38-17-27-50-51-28-26-47(35-53(51)57(52(50)32-38)29-5-2-6-30-57)40-20-18-39(19-21-40)44-12-7-13-45(33-44)46-14-8-15-48(34-46)56-61-54(42-10-3-1-4-11-42)60-55(62-56)43-24-22-41(23-25-43)49-16-9-31-59-37-49/h1,3-4,7-28,31-35,37H,2,5-6,29-30H2. The van der Waals surface area contributed by atoms with E-state index in [9.17, 15) is 5.26 Å². The highest BCUT2D eigenvalue weighted by atomic mass is 15.0. The fraction of sp³-hybridized carbons (Fsp3) is 0.105. The van der Waals surface area contributed by atoms with E-state index in [0.29, 0.717) is 17.5 Å². The van der Waals surface area contributed by atoms with Crippen molar-refractivity contribution in [2.75, 3.05) is 0 Å². The predicted octanol–water partition coefficient (Wildman–Crippen LogP) is 14.0. The third-order valence-electron chi connectivity index (χ3n) is 12.9. The molecule has 0 atom stereocenters. The van der Waals surface area contributed by atoms with Crippen LogP contribution in [0.1, 0.15) is 48.8 Å². The molecular formula is C57H41N5. The number of benzene rings is 7. The molecule has 1 saturated carbocycles. The third-order valence-corrected chi connectivity index (χ3v) is 12.9. The summed E-state index contributed by atoms with van der Waals surface area (Å²) in [5, 5.41) is 9.75. The van der Waals surface area contributed by atoms with Crippen LogP contribution >= 0.6 is 0 Å². The lowest BCUT2D eigenvalue weighted by molar-refractivity contribution is 0.353. The molecule has 294 valence electrons. The Hall–Kier alpha value is -7.81. The molecule has 0 N–H and O–H groups in total. The zero-order chi connectivity index (χ0) is 41.5. The molecule has 11 rings (SSSR count). The fourth-order valence-corrected chi connectivity index (χ4v) is 9.71. The van der Waals surface area contributed by atoms with Gasteiger partial charge >= 0.3 is 0 Å². The predicted molar refractivity (Wildman–Crippen MR) is 250 cm³/mol. The van der Waals surface area contributed by atoms with E-state index in [1.165, 1.54) is 52.6 Å². The Balaban J connectivity index is 0.893. The van der Waals surface area contributed by atoms with Crippen molar-refractivity contribution < 1.29 is 0 Å². The Kier molecular flexibility index (Phi) is 9.40. The van der Waals surface area contributed by atoms with Gasteiger partial charge in [0.25, 0.3) is 0 Å². The van der Waals surface area contributed by atoms with Crippen LogP contribution < -0.4 is 0 Å². The third kappa shape index (κ3) is 6.76. The van der Waals surface area contributed by atoms with Crippen LogP contribution in [0.2, 0.25) is 0 Å². The van der Waals surface area contributed by atoms with Gasteiger partial charge in [-0.2, -0.15) is 5.26 Å². The normalized spacial score (nSPS) is 13.6. The molecule has 5 heteroatoms. The summed E-state index contributed by atoms with van der Waals surface area (Å²) in [5.41, 5.74) is 18.0. The summed E-state index contributed by atoms with van der Waals surface area (Å²) in [6.45, 7) is 0. The summed E-state index contributed by atoms with van der Waals surface area (Å²) in [7, 11) is 0. The van der Waals surface area contributed by atoms with E-state index in [1.54, 1.807) is 6.20 Å². The van der Waals surface area contributed by atoms with E-state index in [4.69, 9.17) is 15.0 Å². The lowest BCUT2D eigenvalue weighted by atomic mass is 9.67. The maximum Gasteiger partial charge on any atom is 0.164 e. The van der Waals surface area contributed by atoms with Gasteiger partial charge in [-0.3, -0.25) is 4.98 Å². The minimum atomic E-state index is -0.00713. The molecule has 62 heavy (non-hydrogen) atoms. The van der Waals surface area contributed by atoms with Crippen molar-refractivity contribution in [2.24, 2.45) is 0 Å². The highest BCUT2D eigenvalue weighted by molar-refractivity contribution is 5.85.